The molecule has 1 aliphatic heterocycles. The fourth-order valence-electron chi connectivity index (χ4n) is 2.92. The Morgan fingerprint density at radius 2 is 1.93 bits per heavy atom. The summed E-state index contributed by atoms with van der Waals surface area (Å²) in [6.45, 7) is 3.80. The number of benzene rings is 1. The van der Waals surface area contributed by atoms with Crippen molar-refractivity contribution in [2.24, 2.45) is 5.92 Å². The third-order valence-electron chi connectivity index (χ3n) is 4.20. The molecule has 1 saturated heterocycles. The number of rotatable bonds is 6. The lowest BCUT2D eigenvalue weighted by Gasteiger charge is -2.20. The molecule has 1 unspecified atom stereocenters. The summed E-state index contributed by atoms with van der Waals surface area (Å²) in [6, 6.07) is 1.45. The Morgan fingerprint density at radius 3 is 2.41 bits per heavy atom. The average Bonchev–Trinajstić information content (AvgIpc) is 2.98. The molecule has 0 saturated carbocycles. The fraction of sp³-hybridized carbons (Fsp3) is 0.500. The van der Waals surface area contributed by atoms with Crippen LogP contribution in [0.25, 0.3) is 0 Å². The van der Waals surface area contributed by atoms with Gasteiger partial charge in [-0.05, 0) is 37.0 Å². The molecule has 0 aromatic heterocycles. The summed E-state index contributed by atoms with van der Waals surface area (Å²) >= 11 is 0. The predicted octanol–water partition coefficient (Wildman–Crippen LogP) is 3.06. The smallest absolute Gasteiger partial charge is 0.416 e. The van der Waals surface area contributed by atoms with Gasteiger partial charge in [-0.25, -0.2) is 4.79 Å². The van der Waals surface area contributed by atoms with Crippen molar-refractivity contribution in [1.29, 1.82) is 0 Å². The van der Waals surface area contributed by atoms with Crippen LogP contribution in [0, 0.1) is 5.92 Å². The Labute approximate surface area is 154 Å². The fourth-order valence-corrected chi connectivity index (χ4v) is 2.92. The van der Waals surface area contributed by atoms with Gasteiger partial charge >= 0.3 is 12.1 Å². The lowest BCUT2D eigenvalue weighted by Crippen LogP contribution is -2.41. The van der Waals surface area contributed by atoms with Crippen molar-refractivity contribution in [1.82, 2.24) is 5.32 Å². The van der Waals surface area contributed by atoms with Crippen LogP contribution < -0.4 is 10.2 Å². The molecule has 1 atom stereocenters. The van der Waals surface area contributed by atoms with Crippen LogP contribution >= 0.6 is 0 Å². The molecule has 2 rings (SSSR count). The van der Waals surface area contributed by atoms with Gasteiger partial charge < -0.3 is 15.3 Å². The van der Waals surface area contributed by atoms with Gasteiger partial charge in [0.1, 0.15) is 6.04 Å². The maximum Gasteiger partial charge on any atom is 0.416 e. The van der Waals surface area contributed by atoms with Crippen LogP contribution in [-0.4, -0.2) is 35.5 Å². The van der Waals surface area contributed by atoms with E-state index in [9.17, 15) is 32.7 Å². The van der Waals surface area contributed by atoms with Gasteiger partial charge in [0.25, 0.3) is 5.91 Å². The highest BCUT2D eigenvalue weighted by molar-refractivity contribution is 6.00. The van der Waals surface area contributed by atoms with Crippen molar-refractivity contribution in [3.05, 3.63) is 29.3 Å². The van der Waals surface area contributed by atoms with E-state index in [1.54, 1.807) is 13.8 Å². The van der Waals surface area contributed by atoms with Crippen molar-refractivity contribution in [2.75, 3.05) is 11.4 Å². The minimum atomic E-state index is -4.71. The molecule has 148 valence electrons. The highest BCUT2D eigenvalue weighted by Crippen LogP contribution is 2.34. The maximum absolute atomic E-state index is 13.2. The Bertz CT molecular complexity index is 747. The number of alkyl halides is 3. The monoisotopic (exact) mass is 386 g/mol. The number of aliphatic carboxylic acids is 1. The van der Waals surface area contributed by atoms with Gasteiger partial charge in [0.2, 0.25) is 5.91 Å². The van der Waals surface area contributed by atoms with Gasteiger partial charge in [-0.1, -0.05) is 13.8 Å². The number of nitrogens with one attached hydrogen (secondary N) is 1. The zero-order valence-corrected chi connectivity index (χ0v) is 15.0. The molecule has 0 spiro atoms. The Morgan fingerprint density at radius 1 is 1.26 bits per heavy atom. The second-order valence-electron chi connectivity index (χ2n) is 6.91. The number of amides is 2. The molecule has 0 aliphatic carbocycles. The third-order valence-corrected chi connectivity index (χ3v) is 4.20. The van der Waals surface area contributed by atoms with E-state index >= 15 is 0 Å². The van der Waals surface area contributed by atoms with Gasteiger partial charge in [0.15, 0.2) is 0 Å². The Kier molecular flexibility index (Phi) is 6.12. The van der Waals surface area contributed by atoms with E-state index in [2.05, 4.69) is 5.32 Å². The van der Waals surface area contributed by atoms with E-state index in [1.165, 1.54) is 11.0 Å². The van der Waals surface area contributed by atoms with E-state index < -0.39 is 29.7 Å². The van der Waals surface area contributed by atoms with Gasteiger partial charge in [-0.2, -0.15) is 13.2 Å². The Hall–Kier alpha value is -2.58. The average molecular weight is 386 g/mol. The molecule has 1 aromatic rings. The maximum atomic E-state index is 13.2. The van der Waals surface area contributed by atoms with Crippen LogP contribution in [0.3, 0.4) is 0 Å². The predicted molar refractivity (Wildman–Crippen MR) is 91.4 cm³/mol. The molecule has 2 amide bonds. The van der Waals surface area contributed by atoms with E-state index in [0.717, 1.165) is 6.07 Å². The summed E-state index contributed by atoms with van der Waals surface area (Å²) in [4.78, 5) is 36.8. The quantitative estimate of drug-likeness (QED) is 0.787. The van der Waals surface area contributed by atoms with E-state index in [-0.39, 0.29) is 42.5 Å². The molecular weight excluding hydrogens is 365 g/mol. The minimum absolute atomic E-state index is 0.0202. The zero-order chi connectivity index (χ0) is 20.4. The number of anilines is 1. The third kappa shape index (κ3) is 5.21. The molecule has 1 fully saturated rings. The molecule has 0 radical (unpaired) electrons. The van der Waals surface area contributed by atoms with Gasteiger partial charge in [0.05, 0.1) is 5.56 Å². The number of carbonyl (C=O) groups is 3. The molecule has 1 heterocycles. The molecule has 9 heteroatoms. The van der Waals surface area contributed by atoms with Crippen molar-refractivity contribution in [2.45, 2.75) is 45.3 Å². The first-order valence-electron chi connectivity index (χ1n) is 8.55. The lowest BCUT2D eigenvalue weighted by molar-refractivity contribution is -0.140. The van der Waals surface area contributed by atoms with Crippen LogP contribution in [0.1, 0.15) is 49.0 Å². The van der Waals surface area contributed by atoms with Crippen molar-refractivity contribution >= 4 is 23.5 Å². The number of carbonyl (C=O) groups excluding carboxylic acids is 2. The molecule has 2 N–H and O–H groups in total. The summed E-state index contributed by atoms with van der Waals surface area (Å²) in [7, 11) is 0. The van der Waals surface area contributed by atoms with Crippen molar-refractivity contribution in [3.63, 3.8) is 0 Å². The largest absolute Gasteiger partial charge is 0.480 e. The first kappa shape index (κ1) is 20.7. The van der Waals surface area contributed by atoms with Gasteiger partial charge in [0, 0.05) is 24.2 Å². The standard InChI is InChI=1S/C18H21F3N2O4/c1-10(2)6-14(17(26)27)22-16(25)11-7-12(18(19,20)21)9-13(8-11)23-5-3-4-15(23)24/h7-10,14H,3-6H2,1-2H3,(H,22,25)(H,26,27). The van der Waals surface area contributed by atoms with Crippen LogP contribution in [-0.2, 0) is 15.8 Å². The number of nitrogens with zero attached hydrogens (tertiary/aromatic N) is 1. The summed E-state index contributed by atoms with van der Waals surface area (Å²) < 4.78 is 39.7. The highest BCUT2D eigenvalue weighted by atomic mass is 19.4. The summed E-state index contributed by atoms with van der Waals surface area (Å²) in [5.74, 6) is -2.55. The second kappa shape index (κ2) is 7.98. The zero-order valence-electron chi connectivity index (χ0n) is 15.0. The summed E-state index contributed by atoms with van der Waals surface area (Å²) in [5.41, 5.74) is -1.43. The molecule has 27 heavy (non-hydrogen) atoms. The number of hydrogen-bond acceptors (Lipinski definition) is 3. The van der Waals surface area contributed by atoms with E-state index in [0.29, 0.717) is 12.5 Å². The molecule has 1 aliphatic rings. The summed E-state index contributed by atoms with van der Waals surface area (Å²) in [6.07, 6.45) is -3.82. The SMILES string of the molecule is CC(C)CC(NC(=O)c1cc(N2CCCC2=O)cc(C(F)(F)F)c1)C(=O)O. The van der Waals surface area contributed by atoms with Crippen LogP contribution in [0.4, 0.5) is 18.9 Å². The minimum Gasteiger partial charge on any atom is -0.480 e. The molecule has 1 aromatic carbocycles. The van der Waals surface area contributed by atoms with Gasteiger partial charge in [-0.3, -0.25) is 9.59 Å². The van der Waals surface area contributed by atoms with Crippen molar-refractivity contribution < 1.29 is 32.7 Å². The number of halogens is 3. The van der Waals surface area contributed by atoms with E-state index in [1.807, 2.05) is 0 Å². The first-order chi connectivity index (χ1) is 12.5. The second-order valence-corrected chi connectivity index (χ2v) is 6.91. The molecule has 6 nitrogen and oxygen atoms in total. The molecule has 0 bridgehead atoms. The summed E-state index contributed by atoms with van der Waals surface area (Å²) in [5, 5.41) is 11.5. The first-order valence-corrected chi connectivity index (χ1v) is 8.55. The number of carboxylic acid groups (broad SMARTS) is 1. The lowest BCUT2D eigenvalue weighted by atomic mass is 10.0. The van der Waals surface area contributed by atoms with Crippen LogP contribution in [0.2, 0.25) is 0 Å². The van der Waals surface area contributed by atoms with Crippen LogP contribution in [0.5, 0.6) is 0 Å². The molecular formula is C18H21F3N2O4. The normalized spacial score (nSPS) is 15.9. The van der Waals surface area contributed by atoms with Crippen molar-refractivity contribution in [3.8, 4) is 0 Å². The van der Waals surface area contributed by atoms with Crippen LogP contribution in [0.15, 0.2) is 18.2 Å². The van der Waals surface area contributed by atoms with Gasteiger partial charge in [-0.15, -0.1) is 0 Å². The number of hydrogen-bond donors (Lipinski definition) is 2. The number of carboxylic acids is 1. The topological polar surface area (TPSA) is 86.7 Å². The highest BCUT2D eigenvalue weighted by Gasteiger charge is 2.34. The van der Waals surface area contributed by atoms with E-state index in [4.69, 9.17) is 0 Å². The Balaban J connectivity index is 2.37.